The van der Waals surface area contributed by atoms with Gasteiger partial charge in [0.1, 0.15) is 12.3 Å². The molecule has 4 N–H and O–H groups in total. The number of benzene rings is 1. The number of carbonyl (C=O) groups excluding carboxylic acids is 1. The second-order valence-electron chi connectivity index (χ2n) is 9.20. The van der Waals surface area contributed by atoms with E-state index < -0.39 is 23.2 Å². The lowest BCUT2D eigenvalue weighted by Gasteiger charge is -2.65. The molecule has 1 spiro atoms. The van der Waals surface area contributed by atoms with Crippen molar-refractivity contribution in [2.24, 2.45) is 0 Å². The van der Waals surface area contributed by atoms with Crippen molar-refractivity contribution in [2.45, 2.75) is 61.1 Å². The van der Waals surface area contributed by atoms with Crippen LogP contribution >= 0.6 is 0 Å². The van der Waals surface area contributed by atoms with E-state index in [9.17, 15) is 14.7 Å². The standard InChI is InChI=1S/C22H29N3O6/c1-25-8-7-21-18-12-3-4-14(27)19(18)31-20(21)13(24-16(11-26)23-10-17(28)29)5-6-22(21,30-2)15(25)9-12/h3-4,11,13,15-16,20,23-24,27H,5-10H2,1-2H3,(H,28,29)/t13?,15-,16?,20?,21+,22-/m1/s1. The van der Waals surface area contributed by atoms with Gasteiger partial charge in [-0.2, -0.15) is 0 Å². The lowest BCUT2D eigenvalue weighted by atomic mass is 9.48. The first-order valence-corrected chi connectivity index (χ1v) is 10.8. The normalized spacial score (nSPS) is 36.4. The number of carboxylic acid groups (broad SMARTS) is 1. The summed E-state index contributed by atoms with van der Waals surface area (Å²) < 4.78 is 12.9. The minimum Gasteiger partial charge on any atom is -0.504 e. The maximum atomic E-state index is 11.6. The van der Waals surface area contributed by atoms with E-state index in [-0.39, 0.29) is 30.5 Å². The van der Waals surface area contributed by atoms with Crippen LogP contribution in [-0.2, 0) is 26.2 Å². The third kappa shape index (κ3) is 2.64. The van der Waals surface area contributed by atoms with E-state index in [1.165, 1.54) is 5.56 Å². The van der Waals surface area contributed by atoms with E-state index in [2.05, 4.69) is 22.6 Å². The summed E-state index contributed by atoms with van der Waals surface area (Å²) in [7, 11) is 3.91. The quantitative estimate of drug-likeness (QED) is 0.349. The monoisotopic (exact) mass is 431 g/mol. The lowest BCUT2D eigenvalue weighted by Crippen LogP contribution is -2.78. The molecule has 1 saturated heterocycles. The summed E-state index contributed by atoms with van der Waals surface area (Å²) >= 11 is 0. The Hall–Kier alpha value is -2.20. The van der Waals surface area contributed by atoms with Crippen molar-refractivity contribution in [1.29, 1.82) is 0 Å². The fraction of sp³-hybridized carbons (Fsp3) is 0.636. The number of rotatable bonds is 7. The Morgan fingerprint density at radius 1 is 1.45 bits per heavy atom. The first-order valence-electron chi connectivity index (χ1n) is 10.8. The van der Waals surface area contributed by atoms with Gasteiger partial charge in [0.15, 0.2) is 17.8 Å². The number of nitrogens with one attached hydrogen (secondary N) is 2. The van der Waals surface area contributed by atoms with Gasteiger partial charge in [-0.3, -0.25) is 15.4 Å². The molecule has 2 heterocycles. The van der Waals surface area contributed by atoms with Crippen LogP contribution in [0.4, 0.5) is 0 Å². The van der Waals surface area contributed by atoms with Crippen molar-refractivity contribution in [1.82, 2.24) is 15.5 Å². The molecule has 9 heteroatoms. The number of methoxy groups -OCH3 is 1. The first-order chi connectivity index (χ1) is 14.9. The number of phenolic OH excluding ortho intramolecular Hbond substituents is 1. The van der Waals surface area contributed by atoms with Gasteiger partial charge >= 0.3 is 5.97 Å². The summed E-state index contributed by atoms with van der Waals surface area (Å²) in [5, 5.41) is 25.6. The van der Waals surface area contributed by atoms with E-state index in [0.717, 1.165) is 31.4 Å². The summed E-state index contributed by atoms with van der Waals surface area (Å²) in [4.78, 5) is 24.9. The Kier molecular flexibility index (Phi) is 4.78. The Balaban J connectivity index is 1.58. The number of hydrogen-bond acceptors (Lipinski definition) is 8. The smallest absolute Gasteiger partial charge is 0.317 e. The predicted molar refractivity (Wildman–Crippen MR) is 110 cm³/mol. The molecule has 2 bridgehead atoms. The summed E-state index contributed by atoms with van der Waals surface area (Å²) in [5.41, 5.74) is 1.32. The van der Waals surface area contributed by atoms with Crippen molar-refractivity contribution in [3.63, 3.8) is 0 Å². The van der Waals surface area contributed by atoms with Crippen LogP contribution < -0.4 is 15.4 Å². The number of piperidine rings is 1. The number of carboxylic acids is 1. The molecule has 1 aromatic carbocycles. The van der Waals surface area contributed by atoms with E-state index in [4.69, 9.17) is 14.6 Å². The third-order valence-corrected chi connectivity index (χ3v) is 8.06. The van der Waals surface area contributed by atoms with Crippen LogP contribution in [-0.4, -0.2) is 84.6 Å². The van der Waals surface area contributed by atoms with Crippen LogP contribution in [0.1, 0.15) is 30.4 Å². The van der Waals surface area contributed by atoms with Crippen LogP contribution in [0.25, 0.3) is 0 Å². The second kappa shape index (κ2) is 7.16. The minimum atomic E-state index is -1.03. The summed E-state index contributed by atoms with van der Waals surface area (Å²) in [6, 6.07) is 3.67. The predicted octanol–water partition coefficient (Wildman–Crippen LogP) is -0.0124. The number of carbonyl (C=O) groups is 2. The summed E-state index contributed by atoms with van der Waals surface area (Å²) in [6.07, 6.45) is 2.66. The SMILES string of the molecule is CO[C@@]12CCC(NC(C=O)NCC(=O)O)C3Oc4c(O)ccc5c4[C@@]31CCN(C)[C@@H]2C5. The molecule has 5 rings (SSSR count). The number of likely N-dealkylation sites (tertiary alicyclic amines) is 1. The molecule has 2 fully saturated rings. The molecular formula is C22H29N3O6. The fourth-order valence-electron chi connectivity index (χ4n) is 6.88. The topological polar surface area (TPSA) is 120 Å². The first kappa shape index (κ1) is 20.7. The number of likely N-dealkylation sites (N-methyl/N-ethyl adjacent to an activating group) is 1. The lowest BCUT2D eigenvalue weighted by molar-refractivity contribution is -0.203. The Morgan fingerprint density at radius 3 is 2.97 bits per heavy atom. The highest BCUT2D eigenvalue weighted by Gasteiger charge is 2.73. The molecule has 0 radical (unpaired) electrons. The molecule has 6 atom stereocenters. The number of phenols is 1. The van der Waals surface area contributed by atoms with Crippen LogP contribution in [0, 0.1) is 0 Å². The van der Waals surface area contributed by atoms with Gasteiger partial charge in [0.05, 0.1) is 17.6 Å². The van der Waals surface area contributed by atoms with Crippen molar-refractivity contribution >= 4 is 12.3 Å². The average Bonchev–Trinajstić information content (AvgIpc) is 3.12. The van der Waals surface area contributed by atoms with Crippen LogP contribution in [0.2, 0.25) is 0 Å². The number of aldehydes is 1. The second-order valence-corrected chi connectivity index (χ2v) is 9.20. The van der Waals surface area contributed by atoms with Crippen molar-refractivity contribution in [2.75, 3.05) is 27.2 Å². The number of aliphatic carboxylic acids is 1. The van der Waals surface area contributed by atoms with E-state index in [0.29, 0.717) is 18.5 Å². The molecule has 2 aliphatic carbocycles. The van der Waals surface area contributed by atoms with E-state index in [1.807, 2.05) is 6.07 Å². The molecule has 168 valence electrons. The highest BCUT2D eigenvalue weighted by molar-refractivity contribution is 5.70. The minimum absolute atomic E-state index is 0.125. The Morgan fingerprint density at radius 2 is 2.26 bits per heavy atom. The molecule has 0 amide bonds. The molecule has 1 aromatic rings. The average molecular weight is 431 g/mol. The van der Waals surface area contributed by atoms with Gasteiger partial charge in [0.2, 0.25) is 0 Å². The number of aromatic hydroxyl groups is 1. The Labute approximate surface area is 180 Å². The van der Waals surface area contributed by atoms with E-state index >= 15 is 0 Å². The number of ether oxygens (including phenoxy) is 2. The Bertz CT molecular complexity index is 925. The van der Waals surface area contributed by atoms with E-state index in [1.54, 1.807) is 13.2 Å². The molecule has 9 nitrogen and oxygen atoms in total. The summed E-state index contributed by atoms with van der Waals surface area (Å²) in [5.74, 6) is -0.375. The van der Waals surface area contributed by atoms with Gasteiger partial charge < -0.3 is 29.4 Å². The van der Waals surface area contributed by atoms with Gasteiger partial charge in [-0.25, -0.2) is 0 Å². The van der Waals surface area contributed by atoms with Crippen LogP contribution in [0.15, 0.2) is 12.1 Å². The molecule has 31 heavy (non-hydrogen) atoms. The fourth-order valence-corrected chi connectivity index (χ4v) is 6.88. The molecule has 0 aromatic heterocycles. The maximum Gasteiger partial charge on any atom is 0.317 e. The van der Waals surface area contributed by atoms with Gasteiger partial charge in [0.25, 0.3) is 0 Å². The van der Waals surface area contributed by atoms with Crippen molar-refractivity contribution < 1.29 is 29.3 Å². The summed E-state index contributed by atoms with van der Waals surface area (Å²) in [6.45, 7) is 0.561. The molecule has 3 unspecified atom stereocenters. The number of nitrogens with zero attached hydrogens (tertiary/aromatic N) is 1. The largest absolute Gasteiger partial charge is 0.504 e. The van der Waals surface area contributed by atoms with Gasteiger partial charge in [-0.15, -0.1) is 0 Å². The zero-order valence-electron chi connectivity index (χ0n) is 17.8. The third-order valence-electron chi connectivity index (χ3n) is 8.06. The highest BCUT2D eigenvalue weighted by atomic mass is 16.5. The molecular weight excluding hydrogens is 402 g/mol. The molecule has 4 aliphatic rings. The highest BCUT2D eigenvalue weighted by Crippen LogP contribution is 2.66. The van der Waals surface area contributed by atoms with Gasteiger partial charge in [-0.05, 0) is 50.9 Å². The van der Waals surface area contributed by atoms with Gasteiger partial charge in [-0.1, -0.05) is 6.07 Å². The zero-order chi connectivity index (χ0) is 22.0. The molecule has 1 saturated carbocycles. The van der Waals surface area contributed by atoms with Crippen LogP contribution in [0.3, 0.4) is 0 Å². The van der Waals surface area contributed by atoms with Gasteiger partial charge in [0, 0.05) is 24.8 Å². The maximum absolute atomic E-state index is 11.6. The van der Waals surface area contributed by atoms with Crippen molar-refractivity contribution in [3.05, 3.63) is 23.3 Å². The van der Waals surface area contributed by atoms with Crippen LogP contribution in [0.5, 0.6) is 11.5 Å². The zero-order valence-corrected chi connectivity index (χ0v) is 17.8. The number of hydrogen-bond donors (Lipinski definition) is 4. The van der Waals surface area contributed by atoms with Crippen molar-refractivity contribution in [3.8, 4) is 11.5 Å². The molecule has 2 aliphatic heterocycles.